The van der Waals surface area contributed by atoms with E-state index in [0.717, 1.165) is 18.5 Å². The highest BCUT2D eigenvalue weighted by Crippen LogP contribution is 2.10. The molecule has 0 atom stereocenters. The van der Waals surface area contributed by atoms with E-state index in [1.54, 1.807) is 0 Å². The molecule has 0 saturated heterocycles. The van der Waals surface area contributed by atoms with E-state index in [-0.39, 0.29) is 0 Å². The first-order valence-corrected chi connectivity index (χ1v) is 4.86. The smallest absolute Gasteiger partial charge is 0.139 e. The van der Waals surface area contributed by atoms with Crippen LogP contribution < -0.4 is 0 Å². The van der Waals surface area contributed by atoms with Gasteiger partial charge < -0.3 is 4.74 Å². The van der Waals surface area contributed by atoms with Crippen molar-refractivity contribution < 1.29 is 4.74 Å². The second kappa shape index (κ2) is 5.37. The van der Waals surface area contributed by atoms with Crippen LogP contribution in [0.5, 0.6) is 0 Å². The average Bonchev–Trinajstić information content (AvgIpc) is 2.19. The lowest BCUT2D eigenvalue weighted by atomic mass is 10.3. The normalized spacial score (nSPS) is 9.86. The Balaban J connectivity index is 2.48. The Bertz CT molecular complexity index is 293. The van der Waals surface area contributed by atoms with Crippen LogP contribution in [0, 0.1) is 6.92 Å². The lowest BCUT2D eigenvalue weighted by Crippen LogP contribution is -1.97. The molecule has 0 N–H and O–H groups in total. The van der Waals surface area contributed by atoms with E-state index in [1.165, 1.54) is 0 Å². The summed E-state index contributed by atoms with van der Waals surface area (Å²) in [4.78, 5) is 0. The van der Waals surface area contributed by atoms with Crippen molar-refractivity contribution >= 4 is 5.76 Å². The quantitative estimate of drug-likeness (QED) is 0.531. The number of aromatic nitrogens is 2. The van der Waals surface area contributed by atoms with Gasteiger partial charge in [-0.05, 0) is 25.5 Å². The van der Waals surface area contributed by atoms with Crippen molar-refractivity contribution in [3.8, 4) is 0 Å². The molecule has 0 aromatic carbocycles. The molecule has 0 aliphatic carbocycles. The highest BCUT2D eigenvalue weighted by molar-refractivity contribution is 5.52. The van der Waals surface area contributed by atoms with E-state index < -0.39 is 0 Å². The molecular formula is C11H16N2O. The minimum absolute atomic E-state index is 0.603. The van der Waals surface area contributed by atoms with Gasteiger partial charge in [-0.2, -0.15) is 5.10 Å². The van der Waals surface area contributed by atoms with Crippen LogP contribution in [-0.2, 0) is 4.74 Å². The van der Waals surface area contributed by atoms with E-state index >= 15 is 0 Å². The molecule has 14 heavy (non-hydrogen) atoms. The minimum Gasteiger partial charge on any atom is -0.492 e. The Morgan fingerprint density at radius 2 is 2.21 bits per heavy atom. The van der Waals surface area contributed by atoms with Crippen LogP contribution in [0.25, 0.3) is 5.76 Å². The Labute approximate surface area is 84.8 Å². The molecule has 0 radical (unpaired) electrons. The molecule has 0 spiro atoms. The van der Waals surface area contributed by atoms with E-state index in [1.807, 2.05) is 19.1 Å². The van der Waals surface area contributed by atoms with Gasteiger partial charge in [0.05, 0.1) is 12.3 Å². The van der Waals surface area contributed by atoms with Gasteiger partial charge in [0.1, 0.15) is 11.5 Å². The van der Waals surface area contributed by atoms with Crippen molar-refractivity contribution in [1.82, 2.24) is 10.2 Å². The van der Waals surface area contributed by atoms with Gasteiger partial charge in [-0.1, -0.05) is 19.9 Å². The largest absolute Gasteiger partial charge is 0.492 e. The third-order valence-electron chi connectivity index (χ3n) is 1.86. The molecular weight excluding hydrogens is 176 g/mol. The zero-order valence-electron chi connectivity index (χ0n) is 8.79. The monoisotopic (exact) mass is 192 g/mol. The number of rotatable bonds is 5. The summed E-state index contributed by atoms with van der Waals surface area (Å²) >= 11 is 0. The predicted molar refractivity (Wildman–Crippen MR) is 56.7 cm³/mol. The summed E-state index contributed by atoms with van der Waals surface area (Å²) in [5.74, 6) is 0.603. The third kappa shape index (κ3) is 3.17. The number of nitrogens with zero attached hydrogens (tertiary/aromatic N) is 2. The fourth-order valence-corrected chi connectivity index (χ4v) is 0.961. The van der Waals surface area contributed by atoms with Crippen LogP contribution >= 0.6 is 0 Å². The van der Waals surface area contributed by atoms with Crippen molar-refractivity contribution in [2.24, 2.45) is 0 Å². The molecule has 3 heteroatoms. The summed E-state index contributed by atoms with van der Waals surface area (Å²) in [5.41, 5.74) is 1.61. The van der Waals surface area contributed by atoms with Crippen LogP contribution in [0.1, 0.15) is 31.2 Å². The van der Waals surface area contributed by atoms with Crippen molar-refractivity contribution in [1.29, 1.82) is 0 Å². The molecule has 1 heterocycles. The molecule has 1 rings (SSSR count). The topological polar surface area (TPSA) is 35.0 Å². The summed E-state index contributed by atoms with van der Waals surface area (Å²) in [7, 11) is 0. The first-order valence-electron chi connectivity index (χ1n) is 4.86. The first-order chi connectivity index (χ1) is 6.74. The minimum atomic E-state index is 0.603. The molecule has 0 saturated carbocycles. The van der Waals surface area contributed by atoms with Crippen LogP contribution in [-0.4, -0.2) is 16.8 Å². The second-order valence-electron chi connectivity index (χ2n) is 3.19. The standard InChI is InChI=1S/C11H16N2O/c1-4-5-8-14-10(3)11-7-6-9(2)12-13-11/h6-7H,3-5,8H2,1-2H3. The number of ether oxygens (including phenoxy) is 1. The lowest BCUT2D eigenvalue weighted by Gasteiger charge is -2.06. The zero-order valence-corrected chi connectivity index (χ0v) is 8.79. The van der Waals surface area contributed by atoms with Gasteiger partial charge in [0.2, 0.25) is 0 Å². The molecule has 1 aromatic rings. The van der Waals surface area contributed by atoms with Crippen LogP contribution in [0.15, 0.2) is 18.7 Å². The Kier molecular flexibility index (Phi) is 4.11. The number of hydrogen-bond donors (Lipinski definition) is 0. The van der Waals surface area contributed by atoms with Crippen LogP contribution in [0.4, 0.5) is 0 Å². The fourth-order valence-electron chi connectivity index (χ4n) is 0.961. The summed E-state index contributed by atoms with van der Waals surface area (Å²) < 4.78 is 5.41. The van der Waals surface area contributed by atoms with Crippen LogP contribution in [0.2, 0.25) is 0 Å². The van der Waals surface area contributed by atoms with Gasteiger partial charge in [0, 0.05) is 0 Å². The van der Waals surface area contributed by atoms with E-state index in [2.05, 4.69) is 23.7 Å². The molecule has 0 amide bonds. The van der Waals surface area contributed by atoms with Gasteiger partial charge in [0.15, 0.2) is 0 Å². The summed E-state index contributed by atoms with van der Waals surface area (Å²) in [6, 6.07) is 3.77. The zero-order chi connectivity index (χ0) is 10.4. The molecule has 0 fully saturated rings. The van der Waals surface area contributed by atoms with E-state index in [0.29, 0.717) is 18.1 Å². The molecule has 0 bridgehead atoms. The third-order valence-corrected chi connectivity index (χ3v) is 1.86. The highest BCUT2D eigenvalue weighted by atomic mass is 16.5. The number of aryl methyl sites for hydroxylation is 1. The Morgan fingerprint density at radius 1 is 1.43 bits per heavy atom. The van der Waals surface area contributed by atoms with Gasteiger partial charge in [0.25, 0.3) is 0 Å². The van der Waals surface area contributed by atoms with Crippen LogP contribution in [0.3, 0.4) is 0 Å². The SMILES string of the molecule is C=C(OCCCC)c1ccc(C)nn1. The summed E-state index contributed by atoms with van der Waals surface area (Å²) in [6.07, 6.45) is 2.16. The molecule has 0 aliphatic rings. The second-order valence-corrected chi connectivity index (χ2v) is 3.19. The van der Waals surface area contributed by atoms with E-state index in [4.69, 9.17) is 4.74 Å². The maximum Gasteiger partial charge on any atom is 0.139 e. The van der Waals surface area contributed by atoms with Gasteiger partial charge in [-0.15, -0.1) is 5.10 Å². The van der Waals surface area contributed by atoms with Crippen molar-refractivity contribution in [2.45, 2.75) is 26.7 Å². The maximum atomic E-state index is 5.41. The maximum absolute atomic E-state index is 5.41. The highest BCUT2D eigenvalue weighted by Gasteiger charge is 2.01. The Morgan fingerprint density at radius 3 is 2.79 bits per heavy atom. The van der Waals surface area contributed by atoms with E-state index in [9.17, 15) is 0 Å². The lowest BCUT2D eigenvalue weighted by molar-refractivity contribution is 0.269. The van der Waals surface area contributed by atoms with Gasteiger partial charge >= 0.3 is 0 Å². The molecule has 0 aliphatic heterocycles. The number of unbranched alkanes of at least 4 members (excludes halogenated alkanes) is 1. The van der Waals surface area contributed by atoms with Crippen molar-refractivity contribution in [3.05, 3.63) is 30.1 Å². The Hall–Kier alpha value is -1.38. The fraction of sp³-hybridized carbons (Fsp3) is 0.455. The number of hydrogen-bond acceptors (Lipinski definition) is 3. The molecule has 3 nitrogen and oxygen atoms in total. The molecule has 1 aromatic heterocycles. The van der Waals surface area contributed by atoms with Gasteiger partial charge in [-0.25, -0.2) is 0 Å². The first kappa shape index (κ1) is 10.7. The van der Waals surface area contributed by atoms with Crippen molar-refractivity contribution in [2.75, 3.05) is 6.61 Å². The van der Waals surface area contributed by atoms with Gasteiger partial charge in [-0.3, -0.25) is 0 Å². The summed E-state index contributed by atoms with van der Waals surface area (Å²) in [5, 5.41) is 7.92. The van der Waals surface area contributed by atoms with Crippen molar-refractivity contribution in [3.63, 3.8) is 0 Å². The predicted octanol–water partition coefficient (Wildman–Crippen LogP) is 2.57. The average molecular weight is 192 g/mol. The molecule has 76 valence electrons. The molecule has 0 unspecified atom stereocenters. The summed E-state index contributed by atoms with van der Waals surface area (Å²) in [6.45, 7) is 8.52.